The average molecular weight is 379 g/mol. The van der Waals surface area contributed by atoms with Crippen molar-refractivity contribution in [3.63, 3.8) is 0 Å². The van der Waals surface area contributed by atoms with Gasteiger partial charge in [0.2, 0.25) is 0 Å². The number of rotatable bonds is 7. The molecule has 0 aliphatic rings. The topological polar surface area (TPSA) is 67.6 Å². The zero-order valence-electron chi connectivity index (χ0n) is 16.6. The number of carbonyl (C=O) groups excluding carboxylic acids is 1. The predicted molar refractivity (Wildman–Crippen MR) is 108 cm³/mol. The Morgan fingerprint density at radius 1 is 1.14 bits per heavy atom. The van der Waals surface area contributed by atoms with E-state index in [-0.39, 0.29) is 17.6 Å². The van der Waals surface area contributed by atoms with Gasteiger partial charge in [-0.05, 0) is 38.7 Å². The fraction of sp³-hybridized carbons (Fsp3) is 0.273. The fourth-order valence-corrected chi connectivity index (χ4v) is 2.94. The number of likely N-dealkylation sites (N-methyl/N-ethyl adjacent to an activating group) is 1. The van der Waals surface area contributed by atoms with Crippen molar-refractivity contribution >= 4 is 5.91 Å². The number of aryl methyl sites for hydroxylation is 1. The van der Waals surface area contributed by atoms with Gasteiger partial charge >= 0.3 is 0 Å². The van der Waals surface area contributed by atoms with E-state index in [4.69, 9.17) is 9.26 Å². The molecule has 3 aromatic rings. The molecule has 1 amide bonds. The van der Waals surface area contributed by atoms with Crippen molar-refractivity contribution in [2.45, 2.75) is 13.0 Å². The summed E-state index contributed by atoms with van der Waals surface area (Å²) in [6.07, 6.45) is 0. The zero-order valence-corrected chi connectivity index (χ0v) is 16.6. The maximum atomic E-state index is 12.5. The van der Waals surface area contributed by atoms with Crippen LogP contribution in [0.15, 0.2) is 59.1 Å². The summed E-state index contributed by atoms with van der Waals surface area (Å²) in [7, 11) is 5.60. The molecule has 0 saturated heterocycles. The van der Waals surface area contributed by atoms with E-state index in [1.54, 1.807) is 13.2 Å². The summed E-state index contributed by atoms with van der Waals surface area (Å²) in [5, 5.41) is 6.86. The Hall–Kier alpha value is -3.12. The molecule has 0 aliphatic heterocycles. The second-order valence-corrected chi connectivity index (χ2v) is 6.91. The summed E-state index contributed by atoms with van der Waals surface area (Å²) in [4.78, 5) is 14.6. The number of carbonyl (C=O) groups is 1. The van der Waals surface area contributed by atoms with Crippen LogP contribution in [0.4, 0.5) is 0 Å². The third kappa shape index (κ3) is 4.58. The summed E-state index contributed by atoms with van der Waals surface area (Å²) in [6, 6.07) is 17.4. The smallest absolute Gasteiger partial charge is 0.273 e. The Morgan fingerprint density at radius 3 is 2.43 bits per heavy atom. The Morgan fingerprint density at radius 2 is 1.82 bits per heavy atom. The third-order valence-electron chi connectivity index (χ3n) is 4.66. The van der Waals surface area contributed by atoms with E-state index in [2.05, 4.69) is 15.4 Å². The van der Waals surface area contributed by atoms with Gasteiger partial charge < -0.3 is 19.5 Å². The lowest BCUT2D eigenvalue weighted by molar-refractivity contribution is 0.0933. The highest BCUT2D eigenvalue weighted by atomic mass is 16.5. The van der Waals surface area contributed by atoms with Gasteiger partial charge in [0.05, 0.1) is 13.2 Å². The van der Waals surface area contributed by atoms with Gasteiger partial charge in [-0.3, -0.25) is 4.79 Å². The first-order chi connectivity index (χ1) is 13.5. The van der Waals surface area contributed by atoms with E-state index in [1.807, 2.05) is 69.6 Å². The lowest BCUT2D eigenvalue weighted by Crippen LogP contribution is -2.34. The molecule has 0 spiro atoms. The first-order valence-corrected chi connectivity index (χ1v) is 9.10. The largest absolute Gasteiger partial charge is 0.497 e. The molecule has 1 atom stereocenters. The molecule has 28 heavy (non-hydrogen) atoms. The van der Waals surface area contributed by atoms with Gasteiger partial charge in [0.25, 0.3) is 5.91 Å². The summed E-state index contributed by atoms with van der Waals surface area (Å²) < 4.78 is 10.5. The first kappa shape index (κ1) is 19.6. The Kier molecular flexibility index (Phi) is 6.11. The molecule has 0 aliphatic carbocycles. The summed E-state index contributed by atoms with van der Waals surface area (Å²) in [6.45, 7) is 2.47. The number of amides is 1. The number of nitrogens with one attached hydrogen (secondary N) is 1. The number of methoxy groups -OCH3 is 1. The molecule has 3 rings (SSSR count). The van der Waals surface area contributed by atoms with Crippen molar-refractivity contribution in [2.75, 3.05) is 27.7 Å². The maximum Gasteiger partial charge on any atom is 0.273 e. The van der Waals surface area contributed by atoms with Crippen molar-refractivity contribution in [3.8, 4) is 17.1 Å². The van der Waals surface area contributed by atoms with Crippen LogP contribution in [0.3, 0.4) is 0 Å². The standard InChI is InChI=1S/C22H25N3O3/c1-15-5-7-17(8-6-15)21-13-19(24-28-21)22(26)23-14-20(25(2)3)16-9-11-18(27-4)12-10-16/h5-13,20H,14H2,1-4H3,(H,23,26)/t20-/m0/s1. The Labute approximate surface area is 165 Å². The molecule has 6 heteroatoms. The molecule has 6 nitrogen and oxygen atoms in total. The summed E-state index contributed by atoms with van der Waals surface area (Å²) in [5.74, 6) is 1.11. The van der Waals surface area contributed by atoms with Crippen LogP contribution in [-0.4, -0.2) is 43.7 Å². The second kappa shape index (κ2) is 8.71. The molecular weight excluding hydrogens is 354 g/mol. The molecule has 0 unspecified atom stereocenters. The van der Waals surface area contributed by atoms with Crippen molar-refractivity contribution in [2.24, 2.45) is 0 Å². The number of ether oxygens (including phenoxy) is 1. The highest BCUT2D eigenvalue weighted by Crippen LogP contribution is 2.22. The molecule has 1 N–H and O–H groups in total. The number of hydrogen-bond donors (Lipinski definition) is 1. The quantitative estimate of drug-likeness (QED) is 0.678. The predicted octanol–water partition coefficient (Wildman–Crippen LogP) is 3.69. The minimum Gasteiger partial charge on any atom is -0.497 e. The van der Waals surface area contributed by atoms with Crippen molar-refractivity contribution < 1.29 is 14.1 Å². The molecular formula is C22H25N3O3. The number of benzene rings is 2. The van der Waals surface area contributed by atoms with E-state index in [0.29, 0.717) is 12.3 Å². The van der Waals surface area contributed by atoms with Crippen LogP contribution < -0.4 is 10.1 Å². The summed E-state index contributed by atoms with van der Waals surface area (Å²) >= 11 is 0. The van der Waals surface area contributed by atoms with Crippen LogP contribution in [0, 0.1) is 6.92 Å². The van der Waals surface area contributed by atoms with Crippen LogP contribution in [0.5, 0.6) is 5.75 Å². The number of aromatic nitrogens is 1. The highest BCUT2D eigenvalue weighted by Gasteiger charge is 2.18. The zero-order chi connectivity index (χ0) is 20.1. The van der Waals surface area contributed by atoms with Gasteiger partial charge in [-0.2, -0.15) is 0 Å². The van der Waals surface area contributed by atoms with Gasteiger partial charge in [-0.1, -0.05) is 47.1 Å². The fourth-order valence-electron chi connectivity index (χ4n) is 2.94. The van der Waals surface area contributed by atoms with Crippen molar-refractivity contribution in [1.82, 2.24) is 15.4 Å². The first-order valence-electron chi connectivity index (χ1n) is 9.10. The van der Waals surface area contributed by atoms with E-state index < -0.39 is 0 Å². The molecule has 0 radical (unpaired) electrons. The van der Waals surface area contributed by atoms with Crippen LogP contribution in [0.1, 0.15) is 27.7 Å². The third-order valence-corrected chi connectivity index (χ3v) is 4.66. The van der Waals surface area contributed by atoms with Crippen molar-refractivity contribution in [3.05, 3.63) is 71.4 Å². The molecule has 1 aromatic heterocycles. The molecule has 0 saturated carbocycles. The lowest BCUT2D eigenvalue weighted by atomic mass is 10.1. The minimum atomic E-state index is -0.262. The van der Waals surface area contributed by atoms with Crippen LogP contribution in [0.2, 0.25) is 0 Å². The molecule has 2 aromatic carbocycles. The Bertz CT molecular complexity index is 915. The van der Waals surface area contributed by atoms with E-state index in [9.17, 15) is 4.79 Å². The van der Waals surface area contributed by atoms with Gasteiger partial charge in [0.1, 0.15) is 5.75 Å². The van der Waals surface area contributed by atoms with Gasteiger partial charge in [-0.15, -0.1) is 0 Å². The van der Waals surface area contributed by atoms with Gasteiger partial charge in [0.15, 0.2) is 11.5 Å². The van der Waals surface area contributed by atoms with E-state index in [1.165, 1.54) is 0 Å². The van der Waals surface area contributed by atoms with Crippen LogP contribution in [-0.2, 0) is 0 Å². The Balaban J connectivity index is 1.67. The normalized spacial score (nSPS) is 12.0. The molecule has 0 bridgehead atoms. The van der Waals surface area contributed by atoms with Crippen LogP contribution >= 0.6 is 0 Å². The maximum absolute atomic E-state index is 12.5. The van der Waals surface area contributed by atoms with Gasteiger partial charge in [0, 0.05) is 18.2 Å². The number of hydrogen-bond acceptors (Lipinski definition) is 5. The van der Waals surface area contributed by atoms with Gasteiger partial charge in [-0.25, -0.2) is 0 Å². The number of nitrogens with zero attached hydrogens (tertiary/aromatic N) is 2. The molecule has 0 fully saturated rings. The SMILES string of the molecule is COc1ccc([C@H](CNC(=O)c2cc(-c3ccc(C)cc3)on2)N(C)C)cc1. The van der Waals surface area contributed by atoms with Crippen LogP contribution in [0.25, 0.3) is 11.3 Å². The monoisotopic (exact) mass is 379 g/mol. The lowest BCUT2D eigenvalue weighted by Gasteiger charge is -2.25. The highest BCUT2D eigenvalue weighted by molar-refractivity contribution is 5.93. The average Bonchev–Trinajstić information content (AvgIpc) is 3.19. The second-order valence-electron chi connectivity index (χ2n) is 6.91. The molecule has 1 heterocycles. The van der Waals surface area contributed by atoms with E-state index in [0.717, 1.165) is 22.4 Å². The van der Waals surface area contributed by atoms with E-state index >= 15 is 0 Å². The summed E-state index contributed by atoms with van der Waals surface area (Å²) in [5.41, 5.74) is 3.41. The molecule has 146 valence electrons. The van der Waals surface area contributed by atoms with Crippen molar-refractivity contribution in [1.29, 1.82) is 0 Å². The minimum absolute atomic E-state index is 0.0262.